The second-order valence-electron chi connectivity index (χ2n) is 7.67. The minimum atomic E-state index is -3.70. The molecular formula is C22H28N4O4S. The van der Waals surface area contributed by atoms with Gasteiger partial charge in [0.2, 0.25) is 0 Å². The molecule has 0 bridgehead atoms. The number of carbonyl (C=O) groups excluding carboxylic acids is 1. The van der Waals surface area contributed by atoms with Crippen molar-refractivity contribution in [3.05, 3.63) is 48.7 Å². The van der Waals surface area contributed by atoms with Crippen molar-refractivity contribution in [2.75, 3.05) is 48.5 Å². The summed E-state index contributed by atoms with van der Waals surface area (Å²) in [5.74, 6) is 0.790. The third-order valence-electron chi connectivity index (χ3n) is 5.76. The average molecular weight is 445 g/mol. The Morgan fingerprint density at radius 1 is 1.13 bits per heavy atom. The van der Waals surface area contributed by atoms with Crippen LogP contribution in [0.15, 0.2) is 53.6 Å². The maximum absolute atomic E-state index is 13.1. The minimum Gasteiger partial charge on any atom is -0.368 e. The first kappa shape index (κ1) is 21.6. The summed E-state index contributed by atoms with van der Waals surface area (Å²) in [6, 6.07) is 12.4. The number of benzene rings is 1. The fourth-order valence-corrected chi connectivity index (χ4v) is 5.48. The van der Waals surface area contributed by atoms with Gasteiger partial charge in [0.05, 0.1) is 5.69 Å². The average Bonchev–Trinajstić information content (AvgIpc) is 3.35. The number of piperazine rings is 1. The molecule has 1 unspecified atom stereocenters. The van der Waals surface area contributed by atoms with Crippen LogP contribution in [0.5, 0.6) is 0 Å². The van der Waals surface area contributed by atoms with Gasteiger partial charge in [-0.05, 0) is 44.0 Å². The van der Waals surface area contributed by atoms with Crippen LogP contribution in [-0.2, 0) is 19.6 Å². The van der Waals surface area contributed by atoms with Gasteiger partial charge in [-0.1, -0.05) is 18.2 Å². The lowest BCUT2D eigenvalue weighted by Crippen LogP contribution is -2.51. The number of sulfonamides is 1. The first-order valence-electron chi connectivity index (χ1n) is 10.7. The number of amides is 1. The molecule has 2 aliphatic heterocycles. The van der Waals surface area contributed by atoms with Crippen molar-refractivity contribution in [2.24, 2.45) is 0 Å². The molecule has 3 heterocycles. The molecule has 0 saturated carbocycles. The highest BCUT2D eigenvalue weighted by Crippen LogP contribution is 2.24. The fraction of sp³-hybridized carbons (Fsp3) is 0.455. The summed E-state index contributed by atoms with van der Waals surface area (Å²) in [6.07, 6.45) is 2.87. The molecule has 31 heavy (non-hydrogen) atoms. The molecule has 1 aromatic carbocycles. The van der Waals surface area contributed by atoms with Gasteiger partial charge in [0.15, 0.2) is 0 Å². The number of ether oxygens (including phenoxy) is 1. The Bertz CT molecular complexity index is 984. The van der Waals surface area contributed by atoms with E-state index in [1.54, 1.807) is 24.3 Å². The van der Waals surface area contributed by atoms with Gasteiger partial charge in [-0.25, -0.2) is 13.4 Å². The van der Waals surface area contributed by atoms with Gasteiger partial charge in [-0.3, -0.25) is 9.10 Å². The van der Waals surface area contributed by atoms with Crippen molar-refractivity contribution in [1.82, 2.24) is 9.88 Å². The minimum absolute atomic E-state index is 0.0760. The highest BCUT2D eigenvalue weighted by Gasteiger charge is 2.31. The lowest BCUT2D eigenvalue weighted by atomic mass is 10.2. The second-order valence-corrected chi connectivity index (χ2v) is 9.53. The third-order valence-corrected chi connectivity index (χ3v) is 7.65. The predicted octanol–water partition coefficient (Wildman–Crippen LogP) is 2.12. The first-order valence-corrected chi connectivity index (χ1v) is 12.1. The molecule has 8 nitrogen and oxygen atoms in total. The van der Waals surface area contributed by atoms with Crippen molar-refractivity contribution in [3.8, 4) is 0 Å². The molecule has 1 aromatic heterocycles. The van der Waals surface area contributed by atoms with E-state index in [1.807, 2.05) is 30.0 Å². The maximum atomic E-state index is 13.1. The van der Waals surface area contributed by atoms with Crippen molar-refractivity contribution >= 4 is 27.4 Å². The van der Waals surface area contributed by atoms with E-state index in [2.05, 4.69) is 9.88 Å². The van der Waals surface area contributed by atoms with E-state index >= 15 is 0 Å². The van der Waals surface area contributed by atoms with E-state index in [0.29, 0.717) is 50.8 Å². The van der Waals surface area contributed by atoms with Crippen LogP contribution in [-0.4, -0.2) is 69.6 Å². The summed E-state index contributed by atoms with van der Waals surface area (Å²) in [6.45, 7) is 5.33. The Balaban J connectivity index is 1.42. The van der Waals surface area contributed by atoms with Crippen LogP contribution in [0.25, 0.3) is 0 Å². The zero-order valence-electron chi connectivity index (χ0n) is 17.7. The zero-order valence-corrected chi connectivity index (χ0v) is 18.5. The molecule has 0 radical (unpaired) electrons. The molecular weight excluding hydrogens is 416 g/mol. The lowest BCUT2D eigenvalue weighted by molar-refractivity contribution is -0.141. The largest absolute Gasteiger partial charge is 0.368 e. The van der Waals surface area contributed by atoms with Gasteiger partial charge in [0.25, 0.3) is 15.9 Å². The van der Waals surface area contributed by atoms with Crippen molar-refractivity contribution in [3.63, 3.8) is 0 Å². The molecule has 166 valence electrons. The van der Waals surface area contributed by atoms with Gasteiger partial charge in [0, 0.05) is 45.5 Å². The summed E-state index contributed by atoms with van der Waals surface area (Å²) in [5, 5.41) is 0. The maximum Gasteiger partial charge on any atom is 0.265 e. The van der Waals surface area contributed by atoms with E-state index < -0.39 is 10.0 Å². The molecule has 4 rings (SSSR count). The molecule has 9 heteroatoms. The molecule has 1 atom stereocenters. The van der Waals surface area contributed by atoms with E-state index in [1.165, 1.54) is 10.5 Å². The van der Waals surface area contributed by atoms with Crippen LogP contribution in [0.3, 0.4) is 0 Å². The monoisotopic (exact) mass is 444 g/mol. The van der Waals surface area contributed by atoms with Crippen LogP contribution < -0.4 is 9.21 Å². The molecule has 0 aliphatic carbocycles. The summed E-state index contributed by atoms with van der Waals surface area (Å²) >= 11 is 0. The molecule has 0 N–H and O–H groups in total. The Kier molecular flexibility index (Phi) is 6.43. The van der Waals surface area contributed by atoms with Gasteiger partial charge in [-0.2, -0.15) is 0 Å². The SMILES string of the molecule is CCN(c1ccccc1)S(=O)(=O)c1ccc(N2CCN(C(=O)C3CCCO3)CC2)nc1. The highest BCUT2D eigenvalue weighted by atomic mass is 32.2. The van der Waals surface area contributed by atoms with Gasteiger partial charge >= 0.3 is 0 Å². The van der Waals surface area contributed by atoms with E-state index in [9.17, 15) is 13.2 Å². The number of hydrogen-bond acceptors (Lipinski definition) is 6. The van der Waals surface area contributed by atoms with Crippen LogP contribution in [0.4, 0.5) is 11.5 Å². The number of aromatic nitrogens is 1. The molecule has 2 aliphatic rings. The summed E-state index contributed by atoms with van der Waals surface area (Å²) < 4.78 is 33.1. The zero-order chi connectivity index (χ0) is 21.8. The fourth-order valence-electron chi connectivity index (χ4n) is 4.06. The number of rotatable bonds is 6. The Hall–Kier alpha value is -2.65. The topological polar surface area (TPSA) is 83.1 Å². The summed E-state index contributed by atoms with van der Waals surface area (Å²) in [7, 11) is -3.70. The normalized spacial score (nSPS) is 19.5. The number of anilines is 2. The predicted molar refractivity (Wildman–Crippen MR) is 119 cm³/mol. The summed E-state index contributed by atoms with van der Waals surface area (Å²) in [4.78, 5) is 21.0. The van der Waals surface area contributed by atoms with Crippen molar-refractivity contribution < 1.29 is 17.9 Å². The van der Waals surface area contributed by atoms with Gasteiger partial charge in [0.1, 0.15) is 16.8 Å². The Labute approximate surface area is 183 Å². The number of carbonyl (C=O) groups is 1. The molecule has 2 fully saturated rings. The van der Waals surface area contributed by atoms with Crippen LogP contribution in [0, 0.1) is 0 Å². The second kappa shape index (κ2) is 9.23. The number of pyridine rings is 1. The Morgan fingerprint density at radius 2 is 1.87 bits per heavy atom. The number of nitrogens with zero attached hydrogens (tertiary/aromatic N) is 4. The molecule has 2 saturated heterocycles. The van der Waals surface area contributed by atoms with E-state index in [4.69, 9.17) is 4.74 Å². The van der Waals surface area contributed by atoms with Crippen LogP contribution >= 0.6 is 0 Å². The quantitative estimate of drug-likeness (QED) is 0.679. The van der Waals surface area contributed by atoms with Crippen molar-refractivity contribution in [2.45, 2.75) is 30.8 Å². The first-order chi connectivity index (χ1) is 15.0. The lowest BCUT2D eigenvalue weighted by Gasteiger charge is -2.36. The summed E-state index contributed by atoms with van der Waals surface area (Å²) in [5.41, 5.74) is 0.626. The standard InChI is InChI=1S/C22H28N4O4S/c1-2-26(18-7-4-3-5-8-18)31(28,29)19-10-11-21(23-17-19)24-12-14-25(15-13-24)22(27)20-9-6-16-30-20/h3-5,7-8,10-11,17,20H,2,6,9,12-16H2,1H3. The van der Waals surface area contributed by atoms with Crippen LogP contribution in [0.2, 0.25) is 0 Å². The van der Waals surface area contributed by atoms with Gasteiger partial charge in [-0.15, -0.1) is 0 Å². The van der Waals surface area contributed by atoms with Crippen molar-refractivity contribution in [1.29, 1.82) is 0 Å². The number of hydrogen-bond donors (Lipinski definition) is 0. The smallest absolute Gasteiger partial charge is 0.265 e. The van der Waals surface area contributed by atoms with E-state index in [0.717, 1.165) is 12.8 Å². The molecule has 2 aromatic rings. The number of para-hydroxylation sites is 1. The van der Waals surface area contributed by atoms with Crippen LogP contribution in [0.1, 0.15) is 19.8 Å². The molecule has 0 spiro atoms. The highest BCUT2D eigenvalue weighted by molar-refractivity contribution is 7.92. The van der Waals surface area contributed by atoms with E-state index in [-0.39, 0.29) is 16.9 Å². The molecule has 1 amide bonds. The van der Waals surface area contributed by atoms with Gasteiger partial charge < -0.3 is 14.5 Å². The Morgan fingerprint density at radius 3 is 2.45 bits per heavy atom. The third kappa shape index (κ3) is 4.52.